The molecule has 0 spiro atoms. The molecule has 24 heavy (non-hydrogen) atoms. The number of aliphatic hydroxyl groups is 1. The molecule has 2 aromatic carbocycles. The summed E-state index contributed by atoms with van der Waals surface area (Å²) in [6.45, 7) is 0.776. The quantitative estimate of drug-likeness (QED) is 0.784. The standard InChI is InChI=1S/C19H21BrO4/c20-16-9-5-4-8-15(16)10-19-23-13-18(24-19)17(11-21)22-12-14-6-2-1-3-7-14/h1-9,17-19,21H,10-13H2/t17-,18-,19?/m0/s1. The molecule has 128 valence electrons. The van der Waals surface area contributed by atoms with Crippen LogP contribution in [0.3, 0.4) is 0 Å². The maximum Gasteiger partial charge on any atom is 0.162 e. The Morgan fingerprint density at radius 3 is 2.62 bits per heavy atom. The van der Waals surface area contributed by atoms with Gasteiger partial charge in [-0.25, -0.2) is 0 Å². The van der Waals surface area contributed by atoms with E-state index in [1.54, 1.807) is 0 Å². The maximum absolute atomic E-state index is 9.62. The first-order valence-electron chi connectivity index (χ1n) is 8.03. The van der Waals surface area contributed by atoms with Gasteiger partial charge in [-0.05, 0) is 17.2 Å². The van der Waals surface area contributed by atoms with E-state index in [1.165, 1.54) is 0 Å². The van der Waals surface area contributed by atoms with Crippen LogP contribution in [0.25, 0.3) is 0 Å². The predicted molar refractivity (Wildman–Crippen MR) is 94.6 cm³/mol. The third-order valence-corrected chi connectivity index (χ3v) is 4.79. The van der Waals surface area contributed by atoms with Crippen LogP contribution in [0.5, 0.6) is 0 Å². The summed E-state index contributed by atoms with van der Waals surface area (Å²) >= 11 is 3.54. The molecule has 1 unspecified atom stereocenters. The van der Waals surface area contributed by atoms with E-state index >= 15 is 0 Å². The van der Waals surface area contributed by atoms with Crippen LogP contribution in [0.4, 0.5) is 0 Å². The fourth-order valence-corrected chi connectivity index (χ4v) is 3.12. The Morgan fingerprint density at radius 2 is 1.88 bits per heavy atom. The minimum atomic E-state index is -0.394. The molecule has 2 aromatic rings. The molecule has 1 heterocycles. The summed E-state index contributed by atoms with van der Waals surface area (Å²) in [6, 6.07) is 17.9. The molecule has 0 radical (unpaired) electrons. The van der Waals surface area contributed by atoms with Gasteiger partial charge in [-0.2, -0.15) is 0 Å². The third-order valence-electron chi connectivity index (χ3n) is 4.02. The Bertz CT molecular complexity index is 634. The van der Waals surface area contributed by atoms with Crippen molar-refractivity contribution in [3.8, 4) is 0 Å². The van der Waals surface area contributed by atoms with Crippen molar-refractivity contribution in [3.63, 3.8) is 0 Å². The van der Waals surface area contributed by atoms with E-state index in [2.05, 4.69) is 15.9 Å². The summed E-state index contributed by atoms with van der Waals surface area (Å²) in [5.74, 6) is 0. The lowest BCUT2D eigenvalue weighted by molar-refractivity contribution is -0.109. The van der Waals surface area contributed by atoms with Gasteiger partial charge in [0.05, 0.1) is 19.8 Å². The second-order valence-corrected chi connectivity index (χ2v) is 6.60. The van der Waals surface area contributed by atoms with E-state index in [4.69, 9.17) is 14.2 Å². The Balaban J connectivity index is 1.52. The molecule has 0 saturated carbocycles. The van der Waals surface area contributed by atoms with E-state index < -0.39 is 6.10 Å². The number of hydrogen-bond donors (Lipinski definition) is 1. The largest absolute Gasteiger partial charge is 0.394 e. The molecular weight excluding hydrogens is 372 g/mol. The van der Waals surface area contributed by atoms with Crippen molar-refractivity contribution in [1.82, 2.24) is 0 Å². The van der Waals surface area contributed by atoms with E-state index in [0.717, 1.165) is 15.6 Å². The highest BCUT2D eigenvalue weighted by molar-refractivity contribution is 9.10. The second-order valence-electron chi connectivity index (χ2n) is 5.75. The van der Waals surface area contributed by atoms with Crippen LogP contribution in [0.1, 0.15) is 11.1 Å². The van der Waals surface area contributed by atoms with Gasteiger partial charge in [0.2, 0.25) is 0 Å². The van der Waals surface area contributed by atoms with Crippen LogP contribution in [-0.4, -0.2) is 36.8 Å². The van der Waals surface area contributed by atoms with E-state index in [1.807, 2.05) is 54.6 Å². The summed E-state index contributed by atoms with van der Waals surface area (Å²) in [5, 5.41) is 9.62. The molecule has 0 amide bonds. The fourth-order valence-electron chi connectivity index (χ4n) is 2.68. The molecule has 1 fully saturated rings. The minimum Gasteiger partial charge on any atom is -0.394 e. The Labute approximate surface area is 150 Å². The Kier molecular flexibility index (Phi) is 6.40. The molecule has 4 nitrogen and oxygen atoms in total. The van der Waals surface area contributed by atoms with Gasteiger partial charge in [0, 0.05) is 10.9 Å². The SMILES string of the molecule is OC[C@H](OCc1ccccc1)[C@@H]1COC(Cc2ccccc2Br)O1. The zero-order chi connectivity index (χ0) is 16.8. The fraction of sp³-hybridized carbons (Fsp3) is 0.368. The summed E-state index contributed by atoms with van der Waals surface area (Å²) < 4.78 is 18.5. The van der Waals surface area contributed by atoms with E-state index in [-0.39, 0.29) is 19.0 Å². The second kappa shape index (κ2) is 8.74. The van der Waals surface area contributed by atoms with E-state index in [9.17, 15) is 5.11 Å². The van der Waals surface area contributed by atoms with Gasteiger partial charge in [0.1, 0.15) is 12.2 Å². The molecule has 1 saturated heterocycles. The first-order valence-corrected chi connectivity index (χ1v) is 8.82. The minimum absolute atomic E-state index is 0.0946. The van der Waals surface area contributed by atoms with Crippen LogP contribution >= 0.6 is 15.9 Å². The molecule has 3 rings (SSSR count). The Morgan fingerprint density at radius 1 is 1.12 bits per heavy atom. The highest BCUT2D eigenvalue weighted by Gasteiger charge is 2.33. The monoisotopic (exact) mass is 392 g/mol. The number of hydrogen-bond acceptors (Lipinski definition) is 4. The smallest absolute Gasteiger partial charge is 0.162 e. The molecule has 1 aliphatic rings. The molecular formula is C19H21BrO4. The van der Waals surface area contributed by atoms with Crippen molar-refractivity contribution in [3.05, 3.63) is 70.2 Å². The van der Waals surface area contributed by atoms with Crippen LogP contribution < -0.4 is 0 Å². The van der Waals surface area contributed by atoms with Gasteiger partial charge >= 0.3 is 0 Å². The van der Waals surface area contributed by atoms with Crippen molar-refractivity contribution in [1.29, 1.82) is 0 Å². The number of aliphatic hydroxyl groups excluding tert-OH is 1. The van der Waals surface area contributed by atoms with Crippen LogP contribution in [0, 0.1) is 0 Å². The maximum atomic E-state index is 9.62. The van der Waals surface area contributed by atoms with Crippen molar-refractivity contribution < 1.29 is 19.3 Å². The van der Waals surface area contributed by atoms with Gasteiger partial charge in [-0.3, -0.25) is 0 Å². The number of ether oxygens (including phenoxy) is 3. The topological polar surface area (TPSA) is 47.9 Å². The summed E-state index contributed by atoms with van der Waals surface area (Å²) in [7, 11) is 0. The molecule has 1 N–H and O–H groups in total. The first kappa shape index (κ1) is 17.6. The third kappa shape index (κ3) is 4.65. The van der Waals surface area contributed by atoms with Gasteiger partial charge in [-0.15, -0.1) is 0 Å². The summed E-state index contributed by atoms with van der Waals surface area (Å²) in [5.41, 5.74) is 2.20. The summed E-state index contributed by atoms with van der Waals surface area (Å²) in [4.78, 5) is 0. The van der Waals surface area contributed by atoms with Crippen molar-refractivity contribution >= 4 is 15.9 Å². The molecule has 0 bridgehead atoms. The zero-order valence-electron chi connectivity index (χ0n) is 13.3. The zero-order valence-corrected chi connectivity index (χ0v) is 14.9. The first-order chi connectivity index (χ1) is 11.8. The average molecular weight is 393 g/mol. The highest BCUT2D eigenvalue weighted by Crippen LogP contribution is 2.24. The molecule has 1 aliphatic heterocycles. The lowest BCUT2D eigenvalue weighted by Gasteiger charge is -2.21. The van der Waals surface area contributed by atoms with Crippen molar-refractivity contribution in [2.45, 2.75) is 31.5 Å². The number of halogens is 1. The van der Waals surface area contributed by atoms with Crippen molar-refractivity contribution in [2.75, 3.05) is 13.2 Å². The lowest BCUT2D eigenvalue weighted by Crippen LogP contribution is -2.34. The van der Waals surface area contributed by atoms with Crippen molar-refractivity contribution in [2.24, 2.45) is 0 Å². The predicted octanol–water partition coefficient (Wildman–Crippen LogP) is 3.31. The highest BCUT2D eigenvalue weighted by atomic mass is 79.9. The normalized spacial score (nSPS) is 21.8. The van der Waals surface area contributed by atoms with E-state index in [0.29, 0.717) is 19.6 Å². The Hall–Kier alpha value is -1.24. The van der Waals surface area contributed by atoms with Gasteiger partial charge < -0.3 is 19.3 Å². The molecule has 0 aromatic heterocycles. The van der Waals surface area contributed by atoms with Crippen LogP contribution in [-0.2, 0) is 27.2 Å². The van der Waals surface area contributed by atoms with Gasteiger partial charge in [0.15, 0.2) is 6.29 Å². The summed E-state index contributed by atoms with van der Waals surface area (Å²) in [6.07, 6.45) is -0.307. The van der Waals surface area contributed by atoms with Gasteiger partial charge in [0.25, 0.3) is 0 Å². The van der Waals surface area contributed by atoms with Crippen LogP contribution in [0.2, 0.25) is 0 Å². The molecule has 3 atom stereocenters. The molecule has 5 heteroatoms. The van der Waals surface area contributed by atoms with Crippen LogP contribution in [0.15, 0.2) is 59.1 Å². The lowest BCUT2D eigenvalue weighted by atomic mass is 10.1. The number of benzene rings is 2. The van der Waals surface area contributed by atoms with Gasteiger partial charge in [-0.1, -0.05) is 64.5 Å². The number of rotatable bonds is 7. The average Bonchev–Trinajstić information content (AvgIpc) is 3.07. The molecule has 0 aliphatic carbocycles.